The second-order valence-corrected chi connectivity index (χ2v) is 5.24. The van der Waals surface area contributed by atoms with Gasteiger partial charge in [0.2, 0.25) is 0 Å². The average molecular weight is 310 g/mol. The maximum absolute atomic E-state index is 5.33. The Balaban J connectivity index is 2.04. The summed E-state index contributed by atoms with van der Waals surface area (Å²) in [5.41, 5.74) is 12.8. The Hall–Kier alpha value is 0.150. The van der Waals surface area contributed by atoms with E-state index in [0.717, 1.165) is 18.2 Å². The van der Waals surface area contributed by atoms with Crippen LogP contribution < -0.4 is 21.9 Å². The van der Waals surface area contributed by atoms with Crippen LogP contribution in [-0.4, -0.2) is 17.3 Å². The van der Waals surface area contributed by atoms with Crippen LogP contribution in [0.5, 0.6) is 0 Å². The molecule has 1 saturated carbocycles. The molecule has 0 spiro atoms. The molecular weight excluding hydrogens is 291 g/mol. The molecule has 0 bridgehead atoms. The molecule has 14 heavy (non-hydrogen) atoms. The van der Waals surface area contributed by atoms with Crippen molar-refractivity contribution in [3.63, 3.8) is 0 Å². The lowest BCUT2D eigenvalue weighted by Crippen LogP contribution is -2.43. The smallest absolute Gasteiger partial charge is 0.0898 e. The van der Waals surface area contributed by atoms with Crippen molar-refractivity contribution in [2.75, 3.05) is 13.2 Å². The first-order valence-electron chi connectivity index (χ1n) is 4.90. The fourth-order valence-corrected chi connectivity index (χ4v) is 1.80. The predicted molar refractivity (Wildman–Crippen MR) is 67.5 cm³/mol. The van der Waals surface area contributed by atoms with Gasteiger partial charge in [-0.05, 0) is 12.3 Å². The van der Waals surface area contributed by atoms with Crippen LogP contribution in [0.1, 0.15) is 13.3 Å². The minimum absolute atomic E-state index is 0.321. The van der Waals surface area contributed by atoms with Crippen molar-refractivity contribution in [3.8, 4) is 0 Å². The van der Waals surface area contributed by atoms with Crippen molar-refractivity contribution in [1.82, 2.24) is 16.2 Å². The second-order valence-electron chi connectivity index (χ2n) is 3.74. The van der Waals surface area contributed by atoms with Crippen LogP contribution in [0.2, 0.25) is 0 Å². The van der Waals surface area contributed by atoms with Crippen molar-refractivity contribution in [2.24, 2.45) is 17.6 Å². The van der Waals surface area contributed by atoms with E-state index in [4.69, 9.17) is 5.73 Å². The Morgan fingerprint density at radius 1 is 1.71 bits per heavy atom. The molecule has 5 N–H and O–H groups in total. The SMILES string of the molecule is C=C(NN[C@@H](I)CNCN)C1CC1C. The quantitative estimate of drug-likeness (QED) is 0.182. The van der Waals surface area contributed by atoms with E-state index in [-0.39, 0.29) is 0 Å². The molecule has 1 rings (SSSR count). The van der Waals surface area contributed by atoms with Crippen LogP contribution in [-0.2, 0) is 0 Å². The number of hydrogen-bond donors (Lipinski definition) is 4. The van der Waals surface area contributed by atoms with Gasteiger partial charge in [-0.3, -0.25) is 0 Å². The van der Waals surface area contributed by atoms with E-state index in [1.54, 1.807) is 0 Å². The van der Waals surface area contributed by atoms with Gasteiger partial charge in [0, 0.05) is 24.8 Å². The fourth-order valence-electron chi connectivity index (χ4n) is 1.33. The molecule has 2 unspecified atom stereocenters. The Morgan fingerprint density at radius 2 is 2.36 bits per heavy atom. The highest BCUT2D eigenvalue weighted by atomic mass is 127. The third-order valence-corrected chi connectivity index (χ3v) is 3.17. The Labute approximate surface area is 99.2 Å². The molecule has 0 amide bonds. The number of rotatable bonds is 7. The van der Waals surface area contributed by atoms with Gasteiger partial charge >= 0.3 is 0 Å². The topological polar surface area (TPSA) is 62.1 Å². The molecule has 4 nitrogen and oxygen atoms in total. The monoisotopic (exact) mass is 310 g/mol. The van der Waals surface area contributed by atoms with Crippen LogP contribution in [0.25, 0.3) is 0 Å². The van der Waals surface area contributed by atoms with Crippen molar-refractivity contribution in [3.05, 3.63) is 12.3 Å². The number of halogens is 1. The molecule has 0 saturated heterocycles. The van der Waals surface area contributed by atoms with E-state index < -0.39 is 0 Å². The van der Waals surface area contributed by atoms with Gasteiger partial charge < -0.3 is 16.5 Å². The molecule has 1 fully saturated rings. The third kappa shape index (κ3) is 4.12. The summed E-state index contributed by atoms with van der Waals surface area (Å²) >= 11 is 2.31. The summed E-state index contributed by atoms with van der Waals surface area (Å²) in [4.78, 5) is 0. The third-order valence-electron chi connectivity index (χ3n) is 2.41. The van der Waals surface area contributed by atoms with Crippen LogP contribution in [0.4, 0.5) is 0 Å². The molecule has 0 aliphatic heterocycles. The normalized spacial score (nSPS) is 27.1. The molecule has 0 heterocycles. The molecule has 3 atom stereocenters. The van der Waals surface area contributed by atoms with Crippen LogP contribution >= 0.6 is 22.6 Å². The van der Waals surface area contributed by atoms with Gasteiger partial charge in [-0.25, -0.2) is 5.43 Å². The van der Waals surface area contributed by atoms with Crippen molar-refractivity contribution in [1.29, 1.82) is 0 Å². The molecule has 0 radical (unpaired) electrons. The summed E-state index contributed by atoms with van der Waals surface area (Å²) < 4.78 is 0.321. The number of allylic oxidation sites excluding steroid dienone is 1. The van der Waals surface area contributed by atoms with Gasteiger partial charge in [0.25, 0.3) is 0 Å². The summed E-state index contributed by atoms with van der Waals surface area (Å²) in [5, 5.41) is 3.06. The Bertz CT molecular complexity index is 197. The van der Waals surface area contributed by atoms with Crippen molar-refractivity contribution in [2.45, 2.75) is 17.4 Å². The van der Waals surface area contributed by atoms with E-state index >= 15 is 0 Å². The number of alkyl halides is 1. The van der Waals surface area contributed by atoms with E-state index in [9.17, 15) is 0 Å². The van der Waals surface area contributed by atoms with Crippen LogP contribution in [0.3, 0.4) is 0 Å². The Morgan fingerprint density at radius 3 is 2.86 bits per heavy atom. The summed E-state index contributed by atoms with van der Waals surface area (Å²) in [6.45, 7) is 7.60. The standard InChI is InChI=1S/C9H19IN4/c1-6-3-8(6)7(2)13-14-9(10)4-12-5-11/h6,8-9,12-14H,2-5,11H2,1H3/t6?,8?,9-/m1/s1. The summed E-state index contributed by atoms with van der Waals surface area (Å²) in [7, 11) is 0. The van der Waals surface area contributed by atoms with Gasteiger partial charge in [-0.15, -0.1) is 0 Å². The molecular formula is C9H19IN4. The zero-order chi connectivity index (χ0) is 10.6. The molecule has 1 aliphatic rings. The zero-order valence-corrected chi connectivity index (χ0v) is 10.7. The largest absolute Gasteiger partial charge is 0.325 e. The van der Waals surface area contributed by atoms with Gasteiger partial charge in [-0.1, -0.05) is 36.1 Å². The fraction of sp³-hybridized carbons (Fsp3) is 0.778. The Kier molecular flexibility index (Phi) is 5.14. The van der Waals surface area contributed by atoms with Gasteiger partial charge in [0.1, 0.15) is 0 Å². The van der Waals surface area contributed by atoms with Gasteiger partial charge in [0.15, 0.2) is 0 Å². The van der Waals surface area contributed by atoms with E-state index in [2.05, 4.69) is 52.3 Å². The van der Waals surface area contributed by atoms with Crippen LogP contribution in [0, 0.1) is 11.8 Å². The van der Waals surface area contributed by atoms with Gasteiger partial charge in [-0.2, -0.15) is 0 Å². The number of nitrogens with two attached hydrogens (primary N) is 1. The first-order valence-corrected chi connectivity index (χ1v) is 6.15. The highest BCUT2D eigenvalue weighted by Crippen LogP contribution is 2.41. The average Bonchev–Trinajstić information content (AvgIpc) is 2.88. The minimum Gasteiger partial charge on any atom is -0.325 e. The van der Waals surface area contributed by atoms with Crippen molar-refractivity contribution >= 4 is 22.6 Å². The molecule has 0 aromatic carbocycles. The predicted octanol–water partition coefficient (Wildman–Crippen LogP) is 0.517. The summed E-state index contributed by atoms with van der Waals surface area (Å²) in [6, 6.07) is 0. The molecule has 5 heteroatoms. The first-order chi connectivity index (χ1) is 6.65. The second kappa shape index (κ2) is 5.89. The lowest BCUT2D eigenvalue weighted by atomic mass is 10.3. The molecule has 0 aromatic heterocycles. The van der Waals surface area contributed by atoms with E-state index in [0.29, 0.717) is 16.6 Å². The summed E-state index contributed by atoms with van der Waals surface area (Å²) in [5.74, 6) is 1.46. The zero-order valence-electron chi connectivity index (χ0n) is 8.52. The lowest BCUT2D eigenvalue weighted by Gasteiger charge is -2.15. The maximum Gasteiger partial charge on any atom is 0.0898 e. The van der Waals surface area contributed by atoms with E-state index in [1.807, 2.05) is 0 Å². The van der Waals surface area contributed by atoms with Crippen LogP contribution in [0.15, 0.2) is 12.3 Å². The van der Waals surface area contributed by atoms with E-state index in [1.165, 1.54) is 6.42 Å². The maximum atomic E-state index is 5.33. The lowest BCUT2D eigenvalue weighted by molar-refractivity contribution is 0.531. The first kappa shape index (κ1) is 12.2. The number of hydrazine groups is 1. The molecule has 82 valence electrons. The minimum atomic E-state index is 0.321. The number of hydrogen-bond acceptors (Lipinski definition) is 4. The highest BCUT2D eigenvalue weighted by Gasteiger charge is 2.34. The highest BCUT2D eigenvalue weighted by molar-refractivity contribution is 14.1. The van der Waals surface area contributed by atoms with Crippen molar-refractivity contribution < 1.29 is 0 Å². The molecule has 1 aliphatic carbocycles. The summed E-state index contributed by atoms with van der Waals surface area (Å²) in [6.07, 6.45) is 1.26. The number of nitrogens with one attached hydrogen (secondary N) is 3. The van der Waals surface area contributed by atoms with Gasteiger partial charge in [0.05, 0.1) is 4.05 Å². The molecule has 0 aromatic rings.